The fourth-order valence-electron chi connectivity index (χ4n) is 2.36. The minimum absolute atomic E-state index is 0.105. The van der Waals surface area contributed by atoms with Crippen molar-refractivity contribution in [3.8, 4) is 0 Å². The number of unbranched alkanes of at least 4 members (excludes halogenated alkanes) is 6. The molecule has 0 aliphatic carbocycles. The van der Waals surface area contributed by atoms with Crippen LogP contribution in [0.15, 0.2) is 0 Å². The number of rotatable bonds is 17. The van der Waals surface area contributed by atoms with Gasteiger partial charge in [-0.15, -0.1) is 0 Å². The molecule has 0 bridgehead atoms. The van der Waals surface area contributed by atoms with E-state index in [1.54, 1.807) is 0 Å². The van der Waals surface area contributed by atoms with Crippen LogP contribution in [0.3, 0.4) is 0 Å². The normalized spacial score (nSPS) is 14.6. The number of aliphatic hydroxyl groups excluding tert-OH is 1. The highest BCUT2D eigenvalue weighted by Crippen LogP contribution is 2.06. The molecule has 7 heteroatoms. The van der Waals surface area contributed by atoms with Gasteiger partial charge in [-0.05, 0) is 12.8 Å². The summed E-state index contributed by atoms with van der Waals surface area (Å²) in [5.41, 5.74) is 0. The second-order valence-corrected chi connectivity index (χ2v) is 10.4. The molecule has 0 radical (unpaired) electrons. The fraction of sp³-hybridized carbons (Fsp3) is 1.00. The van der Waals surface area contributed by atoms with E-state index in [9.17, 15) is 17.7 Å². The molecule has 0 aromatic rings. The zero-order valence-corrected chi connectivity index (χ0v) is 17.1. The van der Waals surface area contributed by atoms with Gasteiger partial charge in [-0.1, -0.05) is 52.4 Å². The summed E-state index contributed by atoms with van der Waals surface area (Å²) >= 11 is 0. The van der Waals surface area contributed by atoms with Gasteiger partial charge in [-0.25, -0.2) is 8.42 Å². The molecule has 0 aliphatic heterocycles. The lowest BCUT2D eigenvalue weighted by molar-refractivity contribution is 0.196. The van der Waals surface area contributed by atoms with Gasteiger partial charge in [-0.2, -0.15) is 0 Å². The van der Waals surface area contributed by atoms with E-state index in [0.29, 0.717) is 18.8 Å². The molecule has 146 valence electrons. The van der Waals surface area contributed by atoms with Crippen LogP contribution < -0.4 is 5.32 Å². The molecule has 24 heavy (non-hydrogen) atoms. The first kappa shape index (κ1) is 24.0. The third-order valence-corrected chi connectivity index (χ3v) is 7.12. The van der Waals surface area contributed by atoms with E-state index in [1.807, 2.05) is 6.92 Å². The van der Waals surface area contributed by atoms with Gasteiger partial charge < -0.3 is 10.4 Å². The Bertz CT molecular complexity index is 413. The standard InChI is InChI=1S/C17H37NO4S2/c1-3-5-7-8-9-10-13-24(21,22)14-11-18-15-17(19)16-23(20)12-6-4-2/h17-19H,3-16H2,1-2H3. The molecular formula is C17H37NO4S2. The summed E-state index contributed by atoms with van der Waals surface area (Å²) in [6, 6.07) is 0. The Kier molecular flexibility index (Phi) is 15.3. The van der Waals surface area contributed by atoms with Crippen LogP contribution in [-0.2, 0) is 20.6 Å². The molecule has 0 saturated carbocycles. The Labute approximate surface area is 151 Å². The van der Waals surface area contributed by atoms with Crippen molar-refractivity contribution < 1.29 is 17.7 Å². The van der Waals surface area contributed by atoms with Gasteiger partial charge in [-0.3, -0.25) is 4.21 Å². The average molecular weight is 384 g/mol. The maximum atomic E-state index is 11.9. The molecular weight excluding hydrogens is 346 g/mol. The summed E-state index contributed by atoms with van der Waals surface area (Å²) in [4.78, 5) is 0. The van der Waals surface area contributed by atoms with Crippen LogP contribution in [0.4, 0.5) is 0 Å². The lowest BCUT2D eigenvalue weighted by atomic mass is 10.1. The van der Waals surface area contributed by atoms with E-state index < -0.39 is 26.7 Å². The first-order valence-corrected chi connectivity index (χ1v) is 12.7. The Morgan fingerprint density at radius 2 is 1.58 bits per heavy atom. The van der Waals surface area contributed by atoms with E-state index in [4.69, 9.17) is 0 Å². The smallest absolute Gasteiger partial charge is 0.151 e. The quantitative estimate of drug-likeness (QED) is 0.376. The van der Waals surface area contributed by atoms with Crippen molar-refractivity contribution >= 4 is 20.6 Å². The fourth-order valence-corrected chi connectivity index (χ4v) is 4.99. The zero-order valence-electron chi connectivity index (χ0n) is 15.5. The van der Waals surface area contributed by atoms with Crippen LogP contribution in [0.25, 0.3) is 0 Å². The van der Waals surface area contributed by atoms with Crippen molar-refractivity contribution in [2.24, 2.45) is 0 Å². The average Bonchev–Trinajstić information content (AvgIpc) is 2.53. The molecule has 2 unspecified atom stereocenters. The number of hydrogen-bond donors (Lipinski definition) is 2. The van der Waals surface area contributed by atoms with Crippen molar-refractivity contribution in [1.82, 2.24) is 5.32 Å². The van der Waals surface area contributed by atoms with Crippen LogP contribution in [0.1, 0.15) is 65.2 Å². The first-order chi connectivity index (χ1) is 11.4. The molecule has 0 rings (SSSR count). The largest absolute Gasteiger partial charge is 0.391 e. The number of sulfone groups is 1. The SMILES string of the molecule is CCCCCCCCS(=O)(=O)CCNCC(O)CS(=O)CCCC. The van der Waals surface area contributed by atoms with Crippen molar-refractivity contribution in [2.45, 2.75) is 71.3 Å². The van der Waals surface area contributed by atoms with Crippen molar-refractivity contribution in [3.63, 3.8) is 0 Å². The van der Waals surface area contributed by atoms with Crippen molar-refractivity contribution in [3.05, 3.63) is 0 Å². The molecule has 5 nitrogen and oxygen atoms in total. The Morgan fingerprint density at radius 1 is 0.958 bits per heavy atom. The highest BCUT2D eigenvalue weighted by Gasteiger charge is 2.12. The zero-order chi connectivity index (χ0) is 18.3. The van der Waals surface area contributed by atoms with E-state index in [2.05, 4.69) is 12.2 Å². The second kappa shape index (κ2) is 15.3. The van der Waals surface area contributed by atoms with Gasteiger partial charge >= 0.3 is 0 Å². The number of aliphatic hydroxyl groups is 1. The molecule has 2 atom stereocenters. The van der Waals surface area contributed by atoms with Crippen LogP contribution >= 0.6 is 0 Å². The lowest BCUT2D eigenvalue weighted by Crippen LogP contribution is -2.34. The summed E-state index contributed by atoms with van der Waals surface area (Å²) in [5.74, 6) is 1.25. The third-order valence-electron chi connectivity index (χ3n) is 3.88. The van der Waals surface area contributed by atoms with Gasteiger partial charge in [0.2, 0.25) is 0 Å². The minimum Gasteiger partial charge on any atom is -0.391 e. The second-order valence-electron chi connectivity index (χ2n) is 6.44. The molecule has 0 saturated heterocycles. The Balaban J connectivity index is 3.68. The monoisotopic (exact) mass is 383 g/mol. The minimum atomic E-state index is -3.01. The predicted octanol–water partition coefficient (Wildman–Crippen LogP) is 2.26. The van der Waals surface area contributed by atoms with E-state index >= 15 is 0 Å². The lowest BCUT2D eigenvalue weighted by Gasteiger charge is -2.12. The first-order valence-electron chi connectivity index (χ1n) is 9.35. The van der Waals surface area contributed by atoms with Crippen molar-refractivity contribution in [1.29, 1.82) is 0 Å². The van der Waals surface area contributed by atoms with Gasteiger partial charge in [0, 0.05) is 29.6 Å². The molecule has 0 aromatic carbocycles. The molecule has 0 heterocycles. The molecule has 0 spiro atoms. The molecule has 0 amide bonds. The van der Waals surface area contributed by atoms with Crippen LogP contribution in [0.5, 0.6) is 0 Å². The van der Waals surface area contributed by atoms with E-state index in [0.717, 1.165) is 32.1 Å². The summed E-state index contributed by atoms with van der Waals surface area (Å²) in [6.45, 7) is 4.85. The van der Waals surface area contributed by atoms with Gasteiger partial charge in [0.05, 0.1) is 23.4 Å². The molecule has 0 aromatic heterocycles. The topological polar surface area (TPSA) is 83.5 Å². The van der Waals surface area contributed by atoms with Gasteiger partial charge in [0.15, 0.2) is 9.84 Å². The number of hydrogen-bond acceptors (Lipinski definition) is 5. The van der Waals surface area contributed by atoms with Crippen LogP contribution in [0, 0.1) is 0 Å². The van der Waals surface area contributed by atoms with E-state index in [-0.39, 0.29) is 17.3 Å². The maximum Gasteiger partial charge on any atom is 0.151 e. The van der Waals surface area contributed by atoms with E-state index in [1.165, 1.54) is 19.3 Å². The highest BCUT2D eigenvalue weighted by molar-refractivity contribution is 7.91. The van der Waals surface area contributed by atoms with Crippen LogP contribution in [0.2, 0.25) is 0 Å². The van der Waals surface area contributed by atoms with Gasteiger partial charge in [0.1, 0.15) is 0 Å². The Morgan fingerprint density at radius 3 is 2.25 bits per heavy atom. The van der Waals surface area contributed by atoms with Gasteiger partial charge in [0.25, 0.3) is 0 Å². The maximum absolute atomic E-state index is 11.9. The summed E-state index contributed by atoms with van der Waals surface area (Å²) < 4.78 is 35.5. The third kappa shape index (κ3) is 15.5. The predicted molar refractivity (Wildman–Crippen MR) is 104 cm³/mol. The molecule has 0 aliphatic rings. The number of nitrogens with one attached hydrogen (secondary N) is 1. The summed E-state index contributed by atoms with van der Waals surface area (Å²) in [7, 11) is -4.00. The van der Waals surface area contributed by atoms with Crippen LogP contribution in [-0.4, -0.2) is 59.9 Å². The molecule has 0 fully saturated rings. The highest BCUT2D eigenvalue weighted by atomic mass is 32.2. The van der Waals surface area contributed by atoms with Crippen molar-refractivity contribution in [2.75, 3.05) is 36.1 Å². The summed E-state index contributed by atoms with van der Waals surface area (Å²) in [5, 5.41) is 12.7. The summed E-state index contributed by atoms with van der Waals surface area (Å²) in [6.07, 6.45) is 7.67. The Hall–Kier alpha value is 0.0200. The molecule has 2 N–H and O–H groups in total.